The molecule has 8 nitrogen and oxygen atoms in total. The molecule has 8 heteroatoms. The number of carbonyl (C=O) groups excluding carboxylic acids is 2. The molecule has 0 aromatic carbocycles. The Morgan fingerprint density at radius 3 is 2.14 bits per heavy atom. The second kappa shape index (κ2) is 11.2. The number of pyridine rings is 1. The van der Waals surface area contributed by atoms with Crippen LogP contribution in [0.15, 0.2) is 23.1 Å². The van der Waals surface area contributed by atoms with E-state index in [-0.39, 0.29) is 24.4 Å². The number of hydrogen-bond donors (Lipinski definition) is 1. The van der Waals surface area contributed by atoms with Crippen LogP contribution in [0.25, 0.3) is 0 Å². The lowest BCUT2D eigenvalue weighted by Crippen LogP contribution is -2.49. The fraction of sp³-hybridized carbons (Fsp3) is 0.741. The van der Waals surface area contributed by atoms with Crippen molar-refractivity contribution in [3.63, 3.8) is 0 Å². The molecule has 0 spiro atoms. The predicted octanol–water partition coefficient (Wildman–Crippen LogP) is 3.11. The van der Waals surface area contributed by atoms with Crippen molar-refractivity contribution in [3.8, 4) is 0 Å². The number of aromatic nitrogens is 1. The van der Waals surface area contributed by atoms with E-state index in [9.17, 15) is 14.4 Å². The average molecular weight is 486 g/mol. The zero-order valence-corrected chi connectivity index (χ0v) is 21.8. The monoisotopic (exact) mass is 485 g/mol. The number of urea groups is 1. The summed E-state index contributed by atoms with van der Waals surface area (Å²) in [4.78, 5) is 43.0. The highest BCUT2D eigenvalue weighted by molar-refractivity contribution is 5.96. The average Bonchev–Trinajstić information content (AvgIpc) is 2.80. The summed E-state index contributed by atoms with van der Waals surface area (Å²) in [5.41, 5.74) is 0.912. The normalized spacial score (nSPS) is 22.0. The Kier molecular flexibility index (Phi) is 8.32. The van der Waals surface area contributed by atoms with Gasteiger partial charge in [0.2, 0.25) is 5.91 Å². The molecule has 0 atom stereocenters. The van der Waals surface area contributed by atoms with E-state index >= 15 is 0 Å². The van der Waals surface area contributed by atoms with Gasteiger partial charge in [-0.05, 0) is 68.5 Å². The number of carbonyl (C=O) groups is 2. The topological polar surface area (TPSA) is 77.9 Å². The zero-order valence-electron chi connectivity index (χ0n) is 21.8. The Labute approximate surface area is 209 Å². The van der Waals surface area contributed by atoms with E-state index in [1.807, 2.05) is 12.3 Å². The van der Waals surface area contributed by atoms with Crippen LogP contribution in [0.5, 0.6) is 0 Å². The zero-order chi connectivity index (χ0) is 25.0. The Hall–Kier alpha value is -2.19. The minimum atomic E-state index is -0.419. The van der Waals surface area contributed by atoms with Crippen LogP contribution >= 0.6 is 0 Å². The molecule has 194 valence electrons. The van der Waals surface area contributed by atoms with Gasteiger partial charge in [-0.1, -0.05) is 26.8 Å². The second-order valence-corrected chi connectivity index (χ2v) is 12.1. The molecule has 3 aliphatic heterocycles. The van der Waals surface area contributed by atoms with Gasteiger partial charge in [0, 0.05) is 44.4 Å². The number of piperidine rings is 2. The van der Waals surface area contributed by atoms with Gasteiger partial charge in [-0.15, -0.1) is 0 Å². The van der Waals surface area contributed by atoms with E-state index in [0.29, 0.717) is 24.2 Å². The van der Waals surface area contributed by atoms with Gasteiger partial charge in [0.25, 0.3) is 5.56 Å². The standard InChI is InChI=1S/C27H43N5O3/c1-27(2,3)19-29-12-6-21(7-13-29)17-22-8-14-30(15-9-22)20-32-11-4-5-23(25(32)34)18-31-16-10-24(33)28-26(31)35/h4-5,11,21-22H,6-10,12-20H2,1-3H3,(H,28,33,35). The quantitative estimate of drug-likeness (QED) is 0.642. The van der Waals surface area contributed by atoms with Crippen LogP contribution in [-0.4, -0.2) is 70.5 Å². The summed E-state index contributed by atoms with van der Waals surface area (Å²) in [7, 11) is 0. The molecule has 3 saturated heterocycles. The molecule has 0 radical (unpaired) electrons. The summed E-state index contributed by atoms with van der Waals surface area (Å²) < 4.78 is 1.76. The fourth-order valence-electron chi connectivity index (χ4n) is 5.88. The highest BCUT2D eigenvalue weighted by atomic mass is 16.2. The van der Waals surface area contributed by atoms with Crippen molar-refractivity contribution in [2.75, 3.05) is 39.3 Å². The van der Waals surface area contributed by atoms with Crippen molar-refractivity contribution in [2.45, 2.75) is 72.5 Å². The van der Waals surface area contributed by atoms with Crippen molar-refractivity contribution in [1.29, 1.82) is 0 Å². The molecule has 3 fully saturated rings. The number of nitrogens with one attached hydrogen (secondary N) is 1. The van der Waals surface area contributed by atoms with Crippen molar-refractivity contribution in [2.24, 2.45) is 17.3 Å². The lowest BCUT2D eigenvalue weighted by atomic mass is 9.82. The van der Waals surface area contributed by atoms with Crippen molar-refractivity contribution >= 4 is 11.9 Å². The molecule has 0 unspecified atom stereocenters. The van der Waals surface area contributed by atoms with Crippen LogP contribution < -0.4 is 10.9 Å². The first-order valence-corrected chi connectivity index (χ1v) is 13.4. The SMILES string of the molecule is CC(C)(C)CN1CCC(CC2CCN(Cn3cccc(CN4CCC(=O)NC4=O)c3=O)CC2)CC1. The molecule has 4 heterocycles. The predicted molar refractivity (Wildman–Crippen MR) is 137 cm³/mol. The number of likely N-dealkylation sites (tertiary alicyclic amines) is 2. The Bertz CT molecular complexity index is 937. The Balaban J connectivity index is 1.22. The van der Waals surface area contributed by atoms with Crippen molar-refractivity contribution in [1.82, 2.24) is 24.6 Å². The minimum Gasteiger partial charge on any atom is -0.319 e. The first-order valence-electron chi connectivity index (χ1n) is 13.4. The molecular weight excluding hydrogens is 442 g/mol. The summed E-state index contributed by atoms with van der Waals surface area (Å²) in [6, 6.07) is 3.24. The van der Waals surface area contributed by atoms with Gasteiger partial charge in [0.15, 0.2) is 0 Å². The molecule has 0 aliphatic carbocycles. The molecule has 3 aliphatic rings. The van der Waals surface area contributed by atoms with Gasteiger partial charge in [0.05, 0.1) is 13.2 Å². The molecule has 0 bridgehead atoms. The molecule has 1 aromatic rings. The largest absolute Gasteiger partial charge is 0.324 e. The third-order valence-corrected chi connectivity index (χ3v) is 7.73. The third kappa shape index (κ3) is 7.40. The maximum atomic E-state index is 13.0. The Morgan fingerprint density at radius 2 is 1.54 bits per heavy atom. The van der Waals surface area contributed by atoms with Crippen LogP contribution in [0.1, 0.15) is 64.9 Å². The second-order valence-electron chi connectivity index (χ2n) is 12.1. The fourth-order valence-corrected chi connectivity index (χ4v) is 5.88. The first-order chi connectivity index (χ1) is 16.7. The van der Waals surface area contributed by atoms with Gasteiger partial charge in [-0.25, -0.2) is 4.79 Å². The minimum absolute atomic E-state index is 0.0543. The Morgan fingerprint density at radius 1 is 0.914 bits per heavy atom. The van der Waals surface area contributed by atoms with Gasteiger partial charge in [0.1, 0.15) is 0 Å². The maximum Gasteiger partial charge on any atom is 0.324 e. The summed E-state index contributed by atoms with van der Waals surface area (Å²) >= 11 is 0. The van der Waals surface area contributed by atoms with Crippen LogP contribution in [-0.2, 0) is 18.0 Å². The van der Waals surface area contributed by atoms with E-state index < -0.39 is 6.03 Å². The van der Waals surface area contributed by atoms with Crippen LogP contribution in [0.2, 0.25) is 0 Å². The molecular formula is C27H43N5O3. The molecule has 4 rings (SSSR count). The van der Waals surface area contributed by atoms with E-state index in [2.05, 4.69) is 35.9 Å². The van der Waals surface area contributed by atoms with Crippen LogP contribution in [0, 0.1) is 17.3 Å². The highest BCUT2D eigenvalue weighted by Crippen LogP contribution is 2.31. The number of rotatable bonds is 7. The molecule has 0 saturated carbocycles. The lowest BCUT2D eigenvalue weighted by Gasteiger charge is -2.38. The molecule has 1 aromatic heterocycles. The number of amides is 3. The highest BCUT2D eigenvalue weighted by Gasteiger charge is 2.27. The van der Waals surface area contributed by atoms with Gasteiger partial charge in [-0.2, -0.15) is 0 Å². The van der Waals surface area contributed by atoms with Crippen LogP contribution in [0.3, 0.4) is 0 Å². The van der Waals surface area contributed by atoms with Crippen molar-refractivity contribution < 1.29 is 9.59 Å². The van der Waals surface area contributed by atoms with E-state index in [0.717, 1.165) is 24.9 Å². The molecule has 3 amide bonds. The van der Waals surface area contributed by atoms with E-state index in [1.165, 1.54) is 56.6 Å². The number of hydrogen-bond acceptors (Lipinski definition) is 5. The molecule has 35 heavy (non-hydrogen) atoms. The number of nitrogens with zero attached hydrogens (tertiary/aromatic N) is 4. The number of imide groups is 1. The summed E-state index contributed by atoms with van der Waals surface area (Å²) in [6.07, 6.45) is 8.55. The van der Waals surface area contributed by atoms with E-state index in [1.54, 1.807) is 10.6 Å². The van der Waals surface area contributed by atoms with Gasteiger partial charge >= 0.3 is 6.03 Å². The summed E-state index contributed by atoms with van der Waals surface area (Å²) in [5.74, 6) is 1.41. The van der Waals surface area contributed by atoms with Gasteiger partial charge < -0.3 is 14.4 Å². The summed E-state index contributed by atoms with van der Waals surface area (Å²) in [6.45, 7) is 13.9. The molecule has 1 N–H and O–H groups in total. The van der Waals surface area contributed by atoms with Crippen molar-refractivity contribution in [3.05, 3.63) is 34.2 Å². The van der Waals surface area contributed by atoms with E-state index in [4.69, 9.17) is 0 Å². The summed E-state index contributed by atoms with van der Waals surface area (Å²) in [5, 5.41) is 2.32. The first kappa shape index (κ1) is 25.9. The maximum absolute atomic E-state index is 13.0. The third-order valence-electron chi connectivity index (χ3n) is 7.73. The smallest absolute Gasteiger partial charge is 0.319 e. The van der Waals surface area contributed by atoms with Crippen LogP contribution in [0.4, 0.5) is 4.79 Å². The lowest BCUT2D eigenvalue weighted by molar-refractivity contribution is -0.121. The van der Waals surface area contributed by atoms with Gasteiger partial charge in [-0.3, -0.25) is 19.8 Å².